The quantitative estimate of drug-likeness (QED) is 0.660. The first-order chi connectivity index (χ1) is 10.2. The molecule has 0 radical (unpaired) electrons. The summed E-state index contributed by atoms with van der Waals surface area (Å²) in [7, 11) is 0. The molecule has 21 heavy (non-hydrogen) atoms. The van der Waals surface area contributed by atoms with E-state index < -0.39 is 0 Å². The summed E-state index contributed by atoms with van der Waals surface area (Å²) in [5, 5.41) is 4.93. The fourth-order valence-electron chi connectivity index (χ4n) is 2.29. The summed E-state index contributed by atoms with van der Waals surface area (Å²) in [6.45, 7) is 5.38. The summed E-state index contributed by atoms with van der Waals surface area (Å²) in [6.07, 6.45) is 3.07. The van der Waals surface area contributed by atoms with E-state index in [1.54, 1.807) is 0 Å². The maximum absolute atomic E-state index is 6.33. The molecule has 0 bridgehead atoms. The van der Waals surface area contributed by atoms with Crippen LogP contribution in [0.5, 0.6) is 0 Å². The standard InChI is InChI=1S/C17H21Cl2NS/c1-3-10-20-15(16-9-8-13(4-2)21-16)11-12-6-5-7-14(18)17(12)19/h5-9,15,20H,3-4,10-11H2,1-2H3. The van der Waals surface area contributed by atoms with Gasteiger partial charge in [-0.25, -0.2) is 0 Å². The van der Waals surface area contributed by atoms with Crippen molar-refractivity contribution < 1.29 is 0 Å². The van der Waals surface area contributed by atoms with Crippen LogP contribution in [0.2, 0.25) is 10.0 Å². The molecule has 114 valence electrons. The van der Waals surface area contributed by atoms with Gasteiger partial charge in [-0.3, -0.25) is 0 Å². The van der Waals surface area contributed by atoms with Crippen LogP contribution in [0.15, 0.2) is 30.3 Å². The van der Waals surface area contributed by atoms with Crippen LogP contribution < -0.4 is 5.32 Å². The maximum Gasteiger partial charge on any atom is 0.0624 e. The number of aryl methyl sites for hydroxylation is 1. The summed E-state index contributed by atoms with van der Waals surface area (Å²) < 4.78 is 0. The van der Waals surface area contributed by atoms with E-state index in [1.807, 2.05) is 23.5 Å². The Hall–Kier alpha value is -0.540. The first kappa shape index (κ1) is 16.8. The molecular weight excluding hydrogens is 321 g/mol. The minimum Gasteiger partial charge on any atom is -0.309 e. The lowest BCUT2D eigenvalue weighted by Gasteiger charge is -2.18. The third-order valence-corrected chi connectivity index (χ3v) is 5.67. The van der Waals surface area contributed by atoms with Gasteiger partial charge in [-0.15, -0.1) is 11.3 Å². The Bertz CT molecular complexity index is 580. The van der Waals surface area contributed by atoms with Crippen molar-refractivity contribution in [1.29, 1.82) is 0 Å². The average Bonchev–Trinajstić information content (AvgIpc) is 2.96. The van der Waals surface area contributed by atoms with Crippen molar-refractivity contribution in [2.24, 2.45) is 0 Å². The van der Waals surface area contributed by atoms with Gasteiger partial charge in [0.2, 0.25) is 0 Å². The molecule has 0 saturated heterocycles. The second kappa shape index (κ2) is 8.19. The van der Waals surface area contributed by atoms with E-state index in [9.17, 15) is 0 Å². The third-order valence-electron chi connectivity index (χ3n) is 3.47. The molecule has 2 aromatic rings. The first-order valence-electron chi connectivity index (χ1n) is 7.40. The Balaban J connectivity index is 2.21. The number of nitrogens with one attached hydrogen (secondary N) is 1. The smallest absolute Gasteiger partial charge is 0.0624 e. The molecule has 1 heterocycles. The highest BCUT2D eigenvalue weighted by Gasteiger charge is 2.16. The van der Waals surface area contributed by atoms with E-state index in [1.165, 1.54) is 9.75 Å². The van der Waals surface area contributed by atoms with Gasteiger partial charge in [0, 0.05) is 15.8 Å². The summed E-state index contributed by atoms with van der Waals surface area (Å²) >= 11 is 14.3. The molecule has 0 aliphatic heterocycles. The fraction of sp³-hybridized carbons (Fsp3) is 0.412. The minimum absolute atomic E-state index is 0.297. The monoisotopic (exact) mass is 341 g/mol. The lowest BCUT2D eigenvalue weighted by Crippen LogP contribution is -2.23. The minimum atomic E-state index is 0.297. The van der Waals surface area contributed by atoms with E-state index >= 15 is 0 Å². The molecule has 4 heteroatoms. The zero-order chi connectivity index (χ0) is 15.2. The molecule has 1 aromatic heterocycles. The number of hydrogen-bond acceptors (Lipinski definition) is 2. The van der Waals surface area contributed by atoms with Crippen LogP contribution in [-0.4, -0.2) is 6.54 Å². The van der Waals surface area contributed by atoms with Crippen LogP contribution in [0.4, 0.5) is 0 Å². The molecule has 1 unspecified atom stereocenters. The van der Waals surface area contributed by atoms with E-state index in [0.29, 0.717) is 16.1 Å². The largest absolute Gasteiger partial charge is 0.309 e. The summed E-state index contributed by atoms with van der Waals surface area (Å²) in [5.41, 5.74) is 1.10. The number of benzene rings is 1. The molecule has 0 saturated carbocycles. The molecule has 0 aliphatic rings. The Morgan fingerprint density at radius 1 is 1.14 bits per heavy atom. The SMILES string of the molecule is CCCNC(Cc1cccc(Cl)c1Cl)c1ccc(CC)s1. The van der Waals surface area contributed by atoms with Crippen LogP contribution in [-0.2, 0) is 12.8 Å². The lowest BCUT2D eigenvalue weighted by atomic mass is 10.0. The van der Waals surface area contributed by atoms with Gasteiger partial charge in [0.25, 0.3) is 0 Å². The number of rotatable bonds is 7. The number of hydrogen-bond donors (Lipinski definition) is 1. The Labute approximate surface area is 141 Å². The van der Waals surface area contributed by atoms with Crippen molar-refractivity contribution in [3.63, 3.8) is 0 Å². The van der Waals surface area contributed by atoms with E-state index in [0.717, 1.165) is 31.4 Å². The van der Waals surface area contributed by atoms with Gasteiger partial charge in [0.05, 0.1) is 10.0 Å². The zero-order valence-corrected chi connectivity index (χ0v) is 14.8. The van der Waals surface area contributed by atoms with Gasteiger partial charge < -0.3 is 5.32 Å². The molecule has 1 nitrogen and oxygen atoms in total. The van der Waals surface area contributed by atoms with Gasteiger partial charge in [-0.1, -0.05) is 49.2 Å². The van der Waals surface area contributed by atoms with Crippen LogP contribution in [0, 0.1) is 0 Å². The zero-order valence-electron chi connectivity index (χ0n) is 12.5. The number of thiophene rings is 1. The summed E-state index contributed by atoms with van der Waals surface area (Å²) in [5.74, 6) is 0. The molecule has 1 atom stereocenters. The molecule has 0 aliphatic carbocycles. The van der Waals surface area contributed by atoms with Crippen molar-refractivity contribution in [1.82, 2.24) is 5.32 Å². The van der Waals surface area contributed by atoms with Gasteiger partial charge in [0.15, 0.2) is 0 Å². The molecule has 2 rings (SSSR count). The van der Waals surface area contributed by atoms with Crippen molar-refractivity contribution >= 4 is 34.5 Å². The van der Waals surface area contributed by atoms with Gasteiger partial charge in [-0.2, -0.15) is 0 Å². The predicted molar refractivity (Wildman–Crippen MR) is 94.9 cm³/mol. The average molecular weight is 342 g/mol. The lowest BCUT2D eigenvalue weighted by molar-refractivity contribution is 0.536. The molecule has 0 spiro atoms. The highest BCUT2D eigenvalue weighted by molar-refractivity contribution is 7.12. The van der Waals surface area contributed by atoms with Crippen LogP contribution >= 0.6 is 34.5 Å². The molecule has 1 N–H and O–H groups in total. The molecule has 0 amide bonds. The molecule has 0 fully saturated rings. The van der Waals surface area contributed by atoms with Crippen molar-refractivity contribution in [2.45, 2.75) is 39.2 Å². The molecular formula is C17H21Cl2NS. The number of halogens is 2. The second-order valence-electron chi connectivity index (χ2n) is 5.08. The van der Waals surface area contributed by atoms with Gasteiger partial charge in [-0.05, 0) is 49.6 Å². The first-order valence-corrected chi connectivity index (χ1v) is 8.97. The molecule has 1 aromatic carbocycles. The summed E-state index contributed by atoms with van der Waals surface area (Å²) in [4.78, 5) is 2.79. The summed E-state index contributed by atoms with van der Waals surface area (Å²) in [6, 6.07) is 10.6. The van der Waals surface area contributed by atoms with Crippen LogP contribution in [0.25, 0.3) is 0 Å². The Morgan fingerprint density at radius 2 is 1.95 bits per heavy atom. The predicted octanol–water partition coefficient (Wildman–Crippen LogP) is 5.90. The van der Waals surface area contributed by atoms with Crippen LogP contribution in [0.3, 0.4) is 0 Å². The van der Waals surface area contributed by atoms with Crippen LogP contribution in [0.1, 0.15) is 41.6 Å². The van der Waals surface area contributed by atoms with Gasteiger partial charge in [0.1, 0.15) is 0 Å². The normalized spacial score (nSPS) is 12.6. The van der Waals surface area contributed by atoms with E-state index in [2.05, 4.69) is 37.4 Å². The fourth-order valence-corrected chi connectivity index (χ4v) is 3.72. The van der Waals surface area contributed by atoms with Crippen molar-refractivity contribution in [2.75, 3.05) is 6.54 Å². The van der Waals surface area contributed by atoms with E-state index in [-0.39, 0.29) is 0 Å². The Morgan fingerprint density at radius 3 is 2.62 bits per heavy atom. The topological polar surface area (TPSA) is 12.0 Å². The van der Waals surface area contributed by atoms with E-state index in [4.69, 9.17) is 23.2 Å². The highest BCUT2D eigenvalue weighted by atomic mass is 35.5. The van der Waals surface area contributed by atoms with Gasteiger partial charge >= 0.3 is 0 Å². The highest BCUT2D eigenvalue weighted by Crippen LogP contribution is 2.31. The maximum atomic E-state index is 6.33. The second-order valence-corrected chi connectivity index (χ2v) is 7.07. The third kappa shape index (κ3) is 4.46. The van der Waals surface area contributed by atoms with Crippen molar-refractivity contribution in [3.05, 3.63) is 55.7 Å². The van der Waals surface area contributed by atoms with Crippen molar-refractivity contribution in [3.8, 4) is 0 Å². The Kier molecular flexibility index (Phi) is 6.56.